The van der Waals surface area contributed by atoms with Crippen LogP contribution in [0, 0.1) is 0 Å². The molecule has 2 aromatic rings. The summed E-state index contributed by atoms with van der Waals surface area (Å²) in [6.45, 7) is -0.162. The number of ether oxygens (including phenoxy) is 1. The van der Waals surface area contributed by atoms with E-state index in [9.17, 15) is 9.59 Å². The quantitative estimate of drug-likeness (QED) is 0.765. The van der Waals surface area contributed by atoms with Gasteiger partial charge in [-0.3, -0.25) is 10.1 Å². The number of amides is 3. The van der Waals surface area contributed by atoms with Gasteiger partial charge in [-0.05, 0) is 18.2 Å². The number of anilines is 1. The second-order valence-corrected chi connectivity index (χ2v) is 5.15. The third kappa shape index (κ3) is 5.01. The summed E-state index contributed by atoms with van der Waals surface area (Å²) in [5, 5.41) is 5.41. The number of primary amides is 1. The molecule has 1 aromatic carbocycles. The van der Waals surface area contributed by atoms with Gasteiger partial charge in [0.2, 0.25) is 11.8 Å². The van der Waals surface area contributed by atoms with Crippen LogP contribution in [0.3, 0.4) is 0 Å². The van der Waals surface area contributed by atoms with Gasteiger partial charge in [0.1, 0.15) is 5.02 Å². The first-order valence-corrected chi connectivity index (χ1v) is 7.12. The van der Waals surface area contributed by atoms with Crippen LogP contribution in [0.2, 0.25) is 10.0 Å². The van der Waals surface area contributed by atoms with E-state index >= 15 is 0 Å². The van der Waals surface area contributed by atoms with Gasteiger partial charge in [0, 0.05) is 6.20 Å². The Morgan fingerprint density at radius 1 is 1.26 bits per heavy atom. The Kier molecular flexibility index (Phi) is 5.61. The van der Waals surface area contributed by atoms with Crippen molar-refractivity contribution in [3.05, 3.63) is 46.6 Å². The van der Waals surface area contributed by atoms with E-state index in [0.29, 0.717) is 16.5 Å². The third-order valence-electron chi connectivity index (χ3n) is 2.57. The molecule has 0 bridgehead atoms. The zero-order valence-electron chi connectivity index (χ0n) is 11.7. The average molecular weight is 355 g/mol. The first kappa shape index (κ1) is 16.9. The minimum absolute atomic E-state index is 0.162. The predicted octanol–water partition coefficient (Wildman–Crippen LogP) is 2.79. The van der Waals surface area contributed by atoms with Gasteiger partial charge in [-0.15, -0.1) is 0 Å². The van der Waals surface area contributed by atoms with E-state index < -0.39 is 11.9 Å². The molecule has 3 amide bonds. The van der Waals surface area contributed by atoms with Gasteiger partial charge in [0.25, 0.3) is 0 Å². The van der Waals surface area contributed by atoms with Crippen LogP contribution in [0.25, 0.3) is 0 Å². The summed E-state index contributed by atoms with van der Waals surface area (Å²) < 4.78 is 5.62. The zero-order valence-corrected chi connectivity index (χ0v) is 13.2. The van der Waals surface area contributed by atoms with Crippen molar-refractivity contribution in [2.75, 3.05) is 11.9 Å². The maximum Gasteiger partial charge on any atom is 0.318 e. The number of nitrogens with one attached hydrogen (secondary N) is 2. The Balaban J connectivity index is 2.11. The molecule has 0 radical (unpaired) electrons. The molecule has 0 saturated carbocycles. The van der Waals surface area contributed by atoms with Crippen LogP contribution >= 0.6 is 23.2 Å². The molecule has 2 rings (SSSR count). The Morgan fingerprint density at radius 3 is 2.70 bits per heavy atom. The first-order valence-electron chi connectivity index (χ1n) is 6.37. The molecule has 7 nitrogen and oxygen atoms in total. The van der Waals surface area contributed by atoms with Crippen molar-refractivity contribution in [1.29, 1.82) is 0 Å². The number of benzene rings is 1. The van der Waals surface area contributed by atoms with Crippen LogP contribution in [0.5, 0.6) is 11.6 Å². The van der Waals surface area contributed by atoms with Crippen LogP contribution in [0.1, 0.15) is 0 Å². The Bertz CT molecular complexity index is 740. The summed E-state index contributed by atoms with van der Waals surface area (Å²) in [4.78, 5) is 26.0. The Labute approximate surface area is 141 Å². The number of halogens is 2. The number of carbonyl (C=O) groups is 2. The number of hydrogen-bond acceptors (Lipinski definition) is 5. The minimum Gasteiger partial charge on any atom is -0.435 e. The highest BCUT2D eigenvalue weighted by Gasteiger charge is 2.10. The number of pyridine rings is 1. The predicted molar refractivity (Wildman–Crippen MR) is 87.0 cm³/mol. The molecule has 4 N–H and O–H groups in total. The van der Waals surface area contributed by atoms with Gasteiger partial charge < -0.3 is 15.8 Å². The minimum atomic E-state index is -0.918. The van der Waals surface area contributed by atoms with Crippen LogP contribution in [-0.4, -0.2) is 23.5 Å². The first-order chi connectivity index (χ1) is 11.0. The highest BCUT2D eigenvalue weighted by Crippen LogP contribution is 2.32. The maximum absolute atomic E-state index is 11.4. The fraction of sp³-hybridized carbons (Fsp3) is 0.0714. The van der Waals surface area contributed by atoms with Crippen molar-refractivity contribution in [3.63, 3.8) is 0 Å². The van der Waals surface area contributed by atoms with Crippen molar-refractivity contribution in [1.82, 2.24) is 10.3 Å². The molecule has 0 aliphatic carbocycles. The van der Waals surface area contributed by atoms with Crippen molar-refractivity contribution < 1.29 is 14.3 Å². The van der Waals surface area contributed by atoms with Crippen LogP contribution < -0.4 is 21.1 Å². The molecule has 1 aromatic heterocycles. The lowest BCUT2D eigenvalue weighted by Gasteiger charge is -2.12. The van der Waals surface area contributed by atoms with Gasteiger partial charge in [0.15, 0.2) is 5.75 Å². The van der Waals surface area contributed by atoms with E-state index in [-0.39, 0.29) is 17.4 Å². The number of imide groups is 1. The normalized spacial score (nSPS) is 10.0. The molecule has 0 atom stereocenters. The monoisotopic (exact) mass is 354 g/mol. The standard InChI is InChI=1S/C14H12Cl2N4O3/c15-8-5-9(16)13(19-6-8)23-11-4-2-1-3-10(11)18-7-12(21)20-14(17)22/h1-6,18H,7H2,(H3,17,20,21,22). The van der Waals surface area contributed by atoms with E-state index in [1.165, 1.54) is 12.3 Å². The molecule has 0 spiro atoms. The second kappa shape index (κ2) is 7.66. The van der Waals surface area contributed by atoms with Crippen LogP contribution in [-0.2, 0) is 4.79 Å². The lowest BCUT2D eigenvalue weighted by atomic mass is 10.3. The molecule has 0 aliphatic heterocycles. The third-order valence-corrected chi connectivity index (χ3v) is 3.05. The second-order valence-electron chi connectivity index (χ2n) is 4.30. The van der Waals surface area contributed by atoms with E-state index in [4.69, 9.17) is 33.7 Å². The van der Waals surface area contributed by atoms with Crippen LogP contribution in [0.15, 0.2) is 36.5 Å². The van der Waals surface area contributed by atoms with E-state index in [1.807, 2.05) is 5.32 Å². The summed E-state index contributed by atoms with van der Waals surface area (Å²) in [6, 6.07) is 7.43. The summed E-state index contributed by atoms with van der Waals surface area (Å²) in [7, 11) is 0. The number of carbonyl (C=O) groups excluding carboxylic acids is 2. The topological polar surface area (TPSA) is 106 Å². The Hall–Kier alpha value is -2.51. The lowest BCUT2D eigenvalue weighted by Crippen LogP contribution is -2.38. The molecule has 0 aliphatic rings. The average Bonchev–Trinajstić information content (AvgIpc) is 2.48. The van der Waals surface area contributed by atoms with Crippen molar-refractivity contribution in [2.24, 2.45) is 5.73 Å². The number of nitrogens with two attached hydrogens (primary N) is 1. The van der Waals surface area contributed by atoms with Crippen molar-refractivity contribution >= 4 is 40.8 Å². The molecule has 0 unspecified atom stereocenters. The molecule has 9 heteroatoms. The number of urea groups is 1. The van der Waals surface area contributed by atoms with Gasteiger partial charge in [-0.1, -0.05) is 35.3 Å². The largest absolute Gasteiger partial charge is 0.435 e. The molecule has 23 heavy (non-hydrogen) atoms. The van der Waals surface area contributed by atoms with Gasteiger partial charge in [-0.2, -0.15) is 0 Å². The zero-order chi connectivity index (χ0) is 16.8. The van der Waals surface area contributed by atoms with Crippen LogP contribution in [0.4, 0.5) is 10.5 Å². The summed E-state index contributed by atoms with van der Waals surface area (Å²) in [6.07, 6.45) is 1.40. The molecular formula is C14H12Cl2N4O3. The molecule has 120 valence electrons. The fourth-order valence-corrected chi connectivity index (χ4v) is 2.06. The summed E-state index contributed by atoms with van der Waals surface area (Å²) in [5.41, 5.74) is 5.38. The molecule has 0 saturated heterocycles. The van der Waals surface area contributed by atoms with Gasteiger partial charge in [-0.25, -0.2) is 9.78 Å². The molecule has 1 heterocycles. The van der Waals surface area contributed by atoms with E-state index in [2.05, 4.69) is 10.3 Å². The highest BCUT2D eigenvalue weighted by molar-refractivity contribution is 6.35. The van der Waals surface area contributed by atoms with Gasteiger partial charge in [0.05, 0.1) is 17.3 Å². The SMILES string of the molecule is NC(=O)NC(=O)CNc1ccccc1Oc1ncc(Cl)cc1Cl. The number of rotatable bonds is 5. The number of aromatic nitrogens is 1. The van der Waals surface area contributed by atoms with E-state index in [0.717, 1.165) is 0 Å². The molecule has 0 fully saturated rings. The van der Waals surface area contributed by atoms with Crippen molar-refractivity contribution in [3.8, 4) is 11.6 Å². The number of hydrogen-bond donors (Lipinski definition) is 3. The van der Waals surface area contributed by atoms with Gasteiger partial charge >= 0.3 is 6.03 Å². The number of nitrogens with zero attached hydrogens (tertiary/aromatic N) is 1. The number of para-hydroxylation sites is 2. The summed E-state index contributed by atoms with van der Waals surface area (Å²) >= 11 is 11.8. The maximum atomic E-state index is 11.4. The van der Waals surface area contributed by atoms with Crippen molar-refractivity contribution in [2.45, 2.75) is 0 Å². The Morgan fingerprint density at radius 2 is 2.00 bits per heavy atom. The summed E-state index contributed by atoms with van der Waals surface area (Å²) in [5.74, 6) is -0.00189. The molecular weight excluding hydrogens is 343 g/mol. The lowest BCUT2D eigenvalue weighted by molar-refractivity contribution is -0.118. The fourth-order valence-electron chi connectivity index (χ4n) is 1.64. The highest BCUT2D eigenvalue weighted by atomic mass is 35.5. The smallest absolute Gasteiger partial charge is 0.318 e. The van der Waals surface area contributed by atoms with E-state index in [1.54, 1.807) is 24.3 Å².